The van der Waals surface area contributed by atoms with Gasteiger partial charge in [-0.25, -0.2) is 4.39 Å². The van der Waals surface area contributed by atoms with E-state index in [1.807, 2.05) is 0 Å². The number of nitrogens with one attached hydrogen (secondary N) is 1. The fraction of sp³-hybridized carbons (Fsp3) is 0.700. The van der Waals surface area contributed by atoms with Crippen molar-refractivity contribution in [3.8, 4) is 0 Å². The summed E-state index contributed by atoms with van der Waals surface area (Å²) < 4.78 is 12.4. The Balaban J connectivity index is 2.43. The van der Waals surface area contributed by atoms with E-state index in [4.69, 9.17) is 0 Å². The second-order valence-electron chi connectivity index (χ2n) is 3.55. The first-order valence-electron chi connectivity index (χ1n) is 5.01. The molecular weight excluding hydrogens is 183 g/mol. The molecule has 1 aliphatic rings. The molecule has 0 unspecified atom stereocenters. The van der Waals surface area contributed by atoms with Gasteiger partial charge in [-0.2, -0.15) is 0 Å². The van der Waals surface area contributed by atoms with Crippen molar-refractivity contribution >= 4 is 5.91 Å². The highest BCUT2D eigenvalue weighted by Crippen LogP contribution is 2.10. The number of carbonyl (C=O) groups excluding carboxylic acids is 1. The molecule has 1 N–H and O–H groups in total. The average Bonchev–Trinajstić information content (AvgIpc) is 2.26. The first kappa shape index (κ1) is 11.2. The number of amides is 1. The summed E-state index contributed by atoms with van der Waals surface area (Å²) in [5.41, 5.74) is 0.217. The van der Waals surface area contributed by atoms with Crippen LogP contribution in [0.15, 0.2) is 11.9 Å². The van der Waals surface area contributed by atoms with Gasteiger partial charge in [-0.3, -0.25) is 9.69 Å². The predicted molar refractivity (Wildman–Crippen MR) is 53.5 cm³/mol. The SMILES string of the molecule is CNC(=O)/C(=C\F)CN1CCCCC1. The monoisotopic (exact) mass is 200 g/mol. The maximum Gasteiger partial charge on any atom is 0.250 e. The number of rotatable bonds is 3. The summed E-state index contributed by atoms with van der Waals surface area (Å²) in [5.74, 6) is -0.321. The van der Waals surface area contributed by atoms with E-state index in [9.17, 15) is 9.18 Å². The first-order chi connectivity index (χ1) is 6.77. The summed E-state index contributed by atoms with van der Waals surface area (Å²) in [6, 6.07) is 0. The van der Waals surface area contributed by atoms with E-state index in [0.29, 0.717) is 12.9 Å². The highest BCUT2D eigenvalue weighted by atomic mass is 19.1. The van der Waals surface area contributed by atoms with Crippen LogP contribution in [0.4, 0.5) is 4.39 Å². The van der Waals surface area contributed by atoms with Crippen molar-refractivity contribution in [2.24, 2.45) is 0 Å². The number of carbonyl (C=O) groups is 1. The van der Waals surface area contributed by atoms with Crippen LogP contribution in [-0.4, -0.2) is 37.5 Å². The van der Waals surface area contributed by atoms with Gasteiger partial charge < -0.3 is 5.32 Å². The van der Waals surface area contributed by atoms with E-state index in [0.717, 1.165) is 25.9 Å². The molecular formula is C10H17FN2O. The second kappa shape index (κ2) is 5.75. The zero-order valence-electron chi connectivity index (χ0n) is 8.55. The Morgan fingerprint density at radius 3 is 2.57 bits per heavy atom. The zero-order chi connectivity index (χ0) is 10.4. The van der Waals surface area contributed by atoms with E-state index in [1.165, 1.54) is 13.5 Å². The molecule has 0 radical (unpaired) electrons. The lowest BCUT2D eigenvalue weighted by atomic mass is 10.1. The van der Waals surface area contributed by atoms with E-state index >= 15 is 0 Å². The largest absolute Gasteiger partial charge is 0.355 e. The van der Waals surface area contributed by atoms with Crippen LogP contribution in [0.3, 0.4) is 0 Å². The normalized spacial score (nSPS) is 19.4. The lowest BCUT2D eigenvalue weighted by Gasteiger charge is -2.26. The minimum atomic E-state index is -0.321. The van der Waals surface area contributed by atoms with Crippen LogP contribution < -0.4 is 5.32 Å². The summed E-state index contributed by atoms with van der Waals surface area (Å²) in [5, 5.41) is 2.43. The van der Waals surface area contributed by atoms with Crippen molar-refractivity contribution in [1.82, 2.24) is 10.2 Å². The molecule has 0 aliphatic carbocycles. The number of hydrogen-bond donors (Lipinski definition) is 1. The molecule has 1 aliphatic heterocycles. The van der Waals surface area contributed by atoms with Crippen LogP contribution in [0.5, 0.6) is 0 Å². The van der Waals surface area contributed by atoms with Crippen LogP contribution in [0, 0.1) is 0 Å². The van der Waals surface area contributed by atoms with Gasteiger partial charge in [0.15, 0.2) is 0 Å². The summed E-state index contributed by atoms with van der Waals surface area (Å²) in [7, 11) is 1.52. The molecule has 3 nitrogen and oxygen atoms in total. The third-order valence-electron chi connectivity index (χ3n) is 2.49. The van der Waals surface area contributed by atoms with Crippen LogP contribution in [0.25, 0.3) is 0 Å². The zero-order valence-corrected chi connectivity index (χ0v) is 8.55. The quantitative estimate of drug-likeness (QED) is 0.691. The van der Waals surface area contributed by atoms with E-state index < -0.39 is 0 Å². The minimum absolute atomic E-state index is 0.217. The molecule has 1 fully saturated rings. The molecule has 0 atom stereocenters. The Bertz CT molecular complexity index is 222. The molecule has 1 heterocycles. The third kappa shape index (κ3) is 3.10. The highest BCUT2D eigenvalue weighted by Gasteiger charge is 2.15. The summed E-state index contributed by atoms with van der Waals surface area (Å²) in [6.07, 6.45) is 3.94. The molecule has 14 heavy (non-hydrogen) atoms. The summed E-state index contributed by atoms with van der Waals surface area (Å²) >= 11 is 0. The number of nitrogens with zero attached hydrogens (tertiary/aromatic N) is 1. The molecule has 4 heteroatoms. The summed E-state index contributed by atoms with van der Waals surface area (Å²) in [6.45, 7) is 2.36. The maximum absolute atomic E-state index is 12.4. The van der Waals surface area contributed by atoms with Gasteiger partial charge in [-0.1, -0.05) is 6.42 Å². The Labute approximate surface area is 84.0 Å². The fourth-order valence-corrected chi connectivity index (χ4v) is 1.67. The van der Waals surface area contributed by atoms with Crippen molar-refractivity contribution in [2.75, 3.05) is 26.7 Å². The Morgan fingerprint density at radius 1 is 1.43 bits per heavy atom. The van der Waals surface area contributed by atoms with E-state index in [2.05, 4.69) is 10.2 Å². The highest BCUT2D eigenvalue weighted by molar-refractivity contribution is 5.93. The van der Waals surface area contributed by atoms with Crippen molar-refractivity contribution in [2.45, 2.75) is 19.3 Å². The van der Waals surface area contributed by atoms with Crippen molar-refractivity contribution in [3.63, 3.8) is 0 Å². The predicted octanol–water partition coefficient (Wildman–Crippen LogP) is 1.07. The van der Waals surface area contributed by atoms with E-state index in [1.54, 1.807) is 0 Å². The number of halogens is 1. The fourth-order valence-electron chi connectivity index (χ4n) is 1.67. The lowest BCUT2D eigenvalue weighted by Crippen LogP contribution is -2.35. The van der Waals surface area contributed by atoms with Crippen LogP contribution >= 0.6 is 0 Å². The molecule has 1 saturated heterocycles. The van der Waals surface area contributed by atoms with Gasteiger partial charge in [-0.15, -0.1) is 0 Å². The third-order valence-corrected chi connectivity index (χ3v) is 2.49. The number of piperidine rings is 1. The van der Waals surface area contributed by atoms with Gasteiger partial charge in [-0.05, 0) is 25.9 Å². The molecule has 1 amide bonds. The first-order valence-corrected chi connectivity index (χ1v) is 5.01. The van der Waals surface area contributed by atoms with Gasteiger partial charge in [0.25, 0.3) is 5.91 Å². The second-order valence-corrected chi connectivity index (χ2v) is 3.55. The smallest absolute Gasteiger partial charge is 0.250 e. The number of hydrogen-bond acceptors (Lipinski definition) is 2. The molecule has 1 rings (SSSR count). The topological polar surface area (TPSA) is 32.3 Å². The van der Waals surface area contributed by atoms with Crippen LogP contribution in [0.1, 0.15) is 19.3 Å². The van der Waals surface area contributed by atoms with Gasteiger partial charge in [0.05, 0.1) is 11.9 Å². The Morgan fingerprint density at radius 2 is 2.07 bits per heavy atom. The molecule has 0 spiro atoms. The van der Waals surface area contributed by atoms with Gasteiger partial charge >= 0.3 is 0 Å². The lowest BCUT2D eigenvalue weighted by molar-refractivity contribution is -0.117. The molecule has 0 aromatic heterocycles. The molecule has 0 aromatic carbocycles. The standard InChI is InChI=1S/C10H17FN2O/c1-12-10(14)9(7-11)8-13-5-3-2-4-6-13/h7H,2-6,8H2,1H3,(H,12,14)/b9-7-. The van der Waals surface area contributed by atoms with Crippen molar-refractivity contribution < 1.29 is 9.18 Å². The Kier molecular flexibility index (Phi) is 4.59. The molecule has 0 bridgehead atoms. The summed E-state index contributed by atoms with van der Waals surface area (Å²) in [4.78, 5) is 13.3. The van der Waals surface area contributed by atoms with Crippen LogP contribution in [-0.2, 0) is 4.79 Å². The average molecular weight is 200 g/mol. The number of likely N-dealkylation sites (N-methyl/N-ethyl adjacent to an activating group) is 1. The van der Waals surface area contributed by atoms with Crippen molar-refractivity contribution in [3.05, 3.63) is 11.9 Å². The van der Waals surface area contributed by atoms with Crippen molar-refractivity contribution in [1.29, 1.82) is 0 Å². The van der Waals surface area contributed by atoms with Gasteiger partial charge in [0, 0.05) is 13.6 Å². The maximum atomic E-state index is 12.4. The molecule has 80 valence electrons. The number of likely N-dealkylation sites (tertiary alicyclic amines) is 1. The molecule has 0 aromatic rings. The minimum Gasteiger partial charge on any atom is -0.355 e. The van der Waals surface area contributed by atoms with Gasteiger partial charge in [0.2, 0.25) is 0 Å². The molecule has 0 saturated carbocycles. The Hall–Kier alpha value is -0.900. The van der Waals surface area contributed by atoms with E-state index in [-0.39, 0.29) is 11.5 Å². The van der Waals surface area contributed by atoms with Crippen LogP contribution in [0.2, 0.25) is 0 Å². The van der Waals surface area contributed by atoms with Gasteiger partial charge in [0.1, 0.15) is 0 Å².